The Labute approximate surface area is 171 Å². The van der Waals surface area contributed by atoms with Crippen molar-refractivity contribution < 1.29 is 19.1 Å². The van der Waals surface area contributed by atoms with Crippen LogP contribution in [0, 0.1) is 0 Å². The van der Waals surface area contributed by atoms with E-state index < -0.39 is 5.91 Å². The van der Waals surface area contributed by atoms with Gasteiger partial charge in [-0.05, 0) is 55.1 Å². The number of nitrogens with zero attached hydrogens (tertiary/aromatic N) is 1. The highest BCUT2D eigenvalue weighted by atomic mass is 16.5. The van der Waals surface area contributed by atoms with E-state index in [1.807, 2.05) is 24.3 Å². The molecule has 0 aliphatic heterocycles. The van der Waals surface area contributed by atoms with Crippen molar-refractivity contribution in [3.63, 3.8) is 0 Å². The van der Waals surface area contributed by atoms with Crippen LogP contribution in [0.15, 0.2) is 48.5 Å². The molecule has 2 rings (SSSR count). The second-order valence-electron chi connectivity index (χ2n) is 6.50. The van der Waals surface area contributed by atoms with Crippen molar-refractivity contribution in [1.29, 1.82) is 0 Å². The molecule has 0 saturated heterocycles. The van der Waals surface area contributed by atoms with Crippen LogP contribution in [0.2, 0.25) is 0 Å². The summed E-state index contributed by atoms with van der Waals surface area (Å²) in [5.74, 6) is 0.550. The number of carbonyl (C=O) groups is 2. The Balaban J connectivity index is 2.07. The minimum Gasteiger partial charge on any atom is -0.497 e. The number of methoxy groups -OCH3 is 1. The first-order valence-corrected chi connectivity index (χ1v) is 9.65. The Morgan fingerprint density at radius 3 is 2.34 bits per heavy atom. The number of rotatable bonds is 11. The van der Waals surface area contributed by atoms with Gasteiger partial charge in [0.05, 0.1) is 13.2 Å². The quantitative estimate of drug-likeness (QED) is 0.605. The van der Waals surface area contributed by atoms with E-state index in [0.717, 1.165) is 24.4 Å². The summed E-state index contributed by atoms with van der Waals surface area (Å²) < 4.78 is 10.6. The second kappa shape index (κ2) is 11.1. The van der Waals surface area contributed by atoms with E-state index in [-0.39, 0.29) is 18.6 Å². The number of likely N-dealkylation sites (N-methyl/N-ethyl adjacent to an activating group) is 1. The minimum absolute atomic E-state index is 0.0298. The third-order valence-electron chi connectivity index (χ3n) is 4.69. The van der Waals surface area contributed by atoms with Gasteiger partial charge in [-0.1, -0.05) is 26.0 Å². The SMILES string of the molecule is CCN(CC)C(CNC(=O)c1ccc(OCC(N)=O)cc1)c1cccc(OC)c1. The molecular weight excluding hydrogens is 370 g/mol. The van der Waals surface area contributed by atoms with E-state index in [1.54, 1.807) is 31.4 Å². The molecule has 3 N–H and O–H groups in total. The van der Waals surface area contributed by atoms with Gasteiger partial charge >= 0.3 is 0 Å². The Morgan fingerprint density at radius 1 is 1.07 bits per heavy atom. The molecule has 0 heterocycles. The zero-order valence-electron chi connectivity index (χ0n) is 17.2. The van der Waals surface area contributed by atoms with Crippen LogP contribution in [-0.2, 0) is 4.79 Å². The molecule has 0 radical (unpaired) electrons. The average molecular weight is 399 g/mol. The van der Waals surface area contributed by atoms with Crippen molar-refractivity contribution in [2.24, 2.45) is 5.73 Å². The van der Waals surface area contributed by atoms with Gasteiger partial charge in [0.15, 0.2) is 6.61 Å². The molecule has 1 unspecified atom stereocenters. The summed E-state index contributed by atoms with van der Waals surface area (Å²) in [7, 11) is 1.64. The van der Waals surface area contributed by atoms with Gasteiger partial charge in [-0.3, -0.25) is 14.5 Å². The maximum Gasteiger partial charge on any atom is 0.255 e. The lowest BCUT2D eigenvalue weighted by Gasteiger charge is -2.30. The van der Waals surface area contributed by atoms with Crippen molar-refractivity contribution >= 4 is 11.8 Å². The number of hydrogen-bond donors (Lipinski definition) is 2. The van der Waals surface area contributed by atoms with Crippen LogP contribution in [0.1, 0.15) is 35.8 Å². The fourth-order valence-electron chi connectivity index (χ4n) is 3.12. The van der Waals surface area contributed by atoms with Gasteiger partial charge in [0.25, 0.3) is 11.8 Å². The molecule has 0 bridgehead atoms. The maximum atomic E-state index is 12.6. The van der Waals surface area contributed by atoms with Crippen molar-refractivity contribution in [2.45, 2.75) is 19.9 Å². The third-order valence-corrected chi connectivity index (χ3v) is 4.69. The Morgan fingerprint density at radius 2 is 1.76 bits per heavy atom. The molecule has 1 atom stereocenters. The first-order valence-electron chi connectivity index (χ1n) is 9.65. The van der Waals surface area contributed by atoms with Crippen LogP contribution in [0.5, 0.6) is 11.5 Å². The van der Waals surface area contributed by atoms with Crippen LogP contribution in [0.4, 0.5) is 0 Å². The fraction of sp³-hybridized carbons (Fsp3) is 0.364. The van der Waals surface area contributed by atoms with Crippen LogP contribution in [0.25, 0.3) is 0 Å². The first kappa shape index (κ1) is 22.2. The highest BCUT2D eigenvalue weighted by molar-refractivity contribution is 5.94. The van der Waals surface area contributed by atoms with Crippen molar-refractivity contribution in [2.75, 3.05) is 33.4 Å². The van der Waals surface area contributed by atoms with Gasteiger partial charge in [-0.25, -0.2) is 0 Å². The molecule has 2 aromatic rings. The van der Waals surface area contributed by atoms with Gasteiger partial charge < -0.3 is 20.5 Å². The van der Waals surface area contributed by atoms with Crippen LogP contribution < -0.4 is 20.5 Å². The highest BCUT2D eigenvalue weighted by Crippen LogP contribution is 2.24. The first-order chi connectivity index (χ1) is 14.0. The summed E-state index contributed by atoms with van der Waals surface area (Å²) in [6.45, 7) is 6.19. The molecule has 0 fully saturated rings. The zero-order chi connectivity index (χ0) is 21.2. The van der Waals surface area contributed by atoms with Gasteiger partial charge in [0, 0.05) is 12.1 Å². The topological polar surface area (TPSA) is 93.9 Å². The Kier molecular flexibility index (Phi) is 8.48. The van der Waals surface area contributed by atoms with Crippen LogP contribution in [-0.4, -0.2) is 50.1 Å². The molecule has 0 aliphatic rings. The summed E-state index contributed by atoms with van der Waals surface area (Å²) in [6, 6.07) is 14.5. The van der Waals surface area contributed by atoms with Crippen molar-refractivity contribution in [3.05, 3.63) is 59.7 Å². The van der Waals surface area contributed by atoms with Crippen molar-refractivity contribution in [3.8, 4) is 11.5 Å². The van der Waals surface area contributed by atoms with Crippen LogP contribution in [0.3, 0.4) is 0 Å². The Bertz CT molecular complexity index is 804. The molecule has 2 amide bonds. The van der Waals surface area contributed by atoms with E-state index in [1.165, 1.54) is 0 Å². The van der Waals surface area contributed by atoms with Gasteiger partial charge in [0.2, 0.25) is 0 Å². The normalized spacial score (nSPS) is 11.7. The van der Waals surface area contributed by atoms with Gasteiger partial charge in [-0.2, -0.15) is 0 Å². The summed E-state index contributed by atoms with van der Waals surface area (Å²) >= 11 is 0. The maximum absolute atomic E-state index is 12.6. The summed E-state index contributed by atoms with van der Waals surface area (Å²) in [6.07, 6.45) is 0. The number of ether oxygens (including phenoxy) is 2. The predicted octanol–water partition coefficient (Wildman–Crippen LogP) is 2.37. The van der Waals surface area contributed by atoms with E-state index >= 15 is 0 Å². The molecule has 156 valence electrons. The smallest absolute Gasteiger partial charge is 0.255 e. The molecule has 29 heavy (non-hydrogen) atoms. The molecule has 7 heteroatoms. The Hall–Kier alpha value is -3.06. The summed E-state index contributed by atoms with van der Waals surface area (Å²) in [5, 5.41) is 3.02. The lowest BCUT2D eigenvalue weighted by Crippen LogP contribution is -2.38. The van der Waals surface area contributed by atoms with Crippen molar-refractivity contribution in [1.82, 2.24) is 10.2 Å². The number of nitrogens with one attached hydrogen (secondary N) is 1. The lowest BCUT2D eigenvalue weighted by atomic mass is 10.0. The number of hydrogen-bond acceptors (Lipinski definition) is 5. The number of benzene rings is 2. The molecule has 0 spiro atoms. The monoisotopic (exact) mass is 399 g/mol. The average Bonchev–Trinajstić information content (AvgIpc) is 2.75. The molecule has 0 saturated carbocycles. The fourth-order valence-corrected chi connectivity index (χ4v) is 3.12. The second-order valence-corrected chi connectivity index (χ2v) is 6.50. The van der Waals surface area contributed by atoms with Gasteiger partial charge in [0.1, 0.15) is 11.5 Å². The molecular formula is C22H29N3O4. The van der Waals surface area contributed by atoms with Crippen LogP contribution >= 0.6 is 0 Å². The molecule has 7 nitrogen and oxygen atoms in total. The number of amides is 2. The molecule has 2 aromatic carbocycles. The number of carbonyl (C=O) groups excluding carboxylic acids is 2. The molecule has 0 aromatic heterocycles. The summed E-state index contributed by atoms with van der Waals surface area (Å²) in [5.41, 5.74) is 6.66. The van der Waals surface area contributed by atoms with Gasteiger partial charge in [-0.15, -0.1) is 0 Å². The van der Waals surface area contributed by atoms with E-state index in [2.05, 4.69) is 24.1 Å². The van der Waals surface area contributed by atoms with E-state index in [9.17, 15) is 9.59 Å². The largest absolute Gasteiger partial charge is 0.497 e. The lowest BCUT2D eigenvalue weighted by molar-refractivity contribution is -0.119. The third kappa shape index (κ3) is 6.50. The zero-order valence-corrected chi connectivity index (χ0v) is 17.2. The molecule has 0 aliphatic carbocycles. The summed E-state index contributed by atoms with van der Waals surface area (Å²) in [4.78, 5) is 25.7. The standard InChI is InChI=1S/C22H29N3O4/c1-4-25(5-2)20(17-7-6-8-19(13-17)28-3)14-24-22(27)16-9-11-18(12-10-16)29-15-21(23)26/h6-13,20H,4-5,14-15H2,1-3H3,(H2,23,26)(H,24,27). The van der Waals surface area contributed by atoms with E-state index in [0.29, 0.717) is 17.9 Å². The minimum atomic E-state index is -0.549. The number of primary amides is 1. The predicted molar refractivity (Wildman–Crippen MR) is 112 cm³/mol. The van der Waals surface area contributed by atoms with E-state index in [4.69, 9.17) is 15.2 Å². The number of nitrogens with two attached hydrogens (primary N) is 1. The highest BCUT2D eigenvalue weighted by Gasteiger charge is 2.20.